The maximum atomic E-state index is 5.98. The molecule has 2 nitrogen and oxygen atoms in total. The van der Waals surface area contributed by atoms with Crippen molar-refractivity contribution in [2.24, 2.45) is 5.92 Å². The predicted octanol–water partition coefficient (Wildman–Crippen LogP) is 5.70. The Kier molecular flexibility index (Phi) is 4.96. The van der Waals surface area contributed by atoms with Crippen molar-refractivity contribution in [3.63, 3.8) is 0 Å². The molecule has 0 aliphatic heterocycles. The monoisotopic (exact) mass is 315 g/mol. The number of hydrogen-bond donors (Lipinski definition) is 0. The Morgan fingerprint density at radius 2 is 1.70 bits per heavy atom. The molecule has 2 heteroatoms. The lowest BCUT2D eigenvalue weighted by molar-refractivity contribution is -0.0217. The van der Waals surface area contributed by atoms with Gasteiger partial charge in [0.1, 0.15) is 0 Å². The standard InChI is InChI=1S/C21H33NO/c1-15-9-10-18-17(11-15)12-19(20(3,4)5)22(18)13-16(2)14-23-21(6,7)8/h9-12,16H,13-14H2,1-8H3. The molecular formula is C21H33NO. The van der Waals surface area contributed by atoms with Gasteiger partial charge in [-0.3, -0.25) is 0 Å². The SMILES string of the molecule is Cc1ccc2c(c1)cc(C(C)(C)C)n2CC(C)COC(C)(C)C. The lowest BCUT2D eigenvalue weighted by Crippen LogP contribution is -2.26. The van der Waals surface area contributed by atoms with E-state index in [1.807, 2.05) is 0 Å². The zero-order valence-corrected chi connectivity index (χ0v) is 16.2. The minimum absolute atomic E-state index is 0.0724. The Bertz CT molecular complexity index is 667. The van der Waals surface area contributed by atoms with Crippen molar-refractivity contribution in [3.05, 3.63) is 35.5 Å². The van der Waals surface area contributed by atoms with Crippen molar-refractivity contribution in [1.29, 1.82) is 0 Å². The Hall–Kier alpha value is -1.28. The first-order chi connectivity index (χ1) is 10.5. The largest absolute Gasteiger partial charge is 0.376 e. The van der Waals surface area contributed by atoms with Crippen LogP contribution in [-0.4, -0.2) is 16.8 Å². The second kappa shape index (κ2) is 6.32. The van der Waals surface area contributed by atoms with Crippen LogP contribution in [-0.2, 0) is 16.7 Å². The summed E-state index contributed by atoms with van der Waals surface area (Å²) in [7, 11) is 0. The first-order valence-electron chi connectivity index (χ1n) is 8.72. The molecule has 0 spiro atoms. The highest BCUT2D eigenvalue weighted by atomic mass is 16.5. The van der Waals surface area contributed by atoms with Crippen molar-refractivity contribution in [2.75, 3.05) is 6.61 Å². The second-order valence-electron chi connectivity index (χ2n) is 8.98. The quantitative estimate of drug-likeness (QED) is 0.706. The molecule has 0 saturated carbocycles. The fourth-order valence-corrected chi connectivity index (χ4v) is 2.97. The highest BCUT2D eigenvalue weighted by Gasteiger charge is 2.22. The van der Waals surface area contributed by atoms with Crippen molar-refractivity contribution >= 4 is 10.9 Å². The number of benzene rings is 1. The van der Waals surface area contributed by atoms with E-state index in [0.29, 0.717) is 5.92 Å². The highest BCUT2D eigenvalue weighted by Crippen LogP contribution is 2.31. The van der Waals surface area contributed by atoms with E-state index in [0.717, 1.165) is 13.2 Å². The summed E-state index contributed by atoms with van der Waals surface area (Å²) in [4.78, 5) is 0. The second-order valence-corrected chi connectivity index (χ2v) is 8.98. The van der Waals surface area contributed by atoms with E-state index in [-0.39, 0.29) is 11.0 Å². The maximum absolute atomic E-state index is 5.98. The zero-order chi connectivity index (χ0) is 17.4. The van der Waals surface area contributed by atoms with Gasteiger partial charge in [0, 0.05) is 28.6 Å². The topological polar surface area (TPSA) is 14.2 Å². The lowest BCUT2D eigenvalue weighted by Gasteiger charge is -2.26. The fraction of sp³-hybridized carbons (Fsp3) is 0.619. The molecule has 1 heterocycles. The van der Waals surface area contributed by atoms with Gasteiger partial charge in [-0.1, -0.05) is 39.3 Å². The molecule has 1 unspecified atom stereocenters. The van der Waals surface area contributed by atoms with E-state index < -0.39 is 0 Å². The Balaban J connectivity index is 2.34. The molecule has 0 radical (unpaired) electrons. The average molecular weight is 316 g/mol. The minimum atomic E-state index is -0.0724. The summed E-state index contributed by atoms with van der Waals surface area (Å²) in [6.07, 6.45) is 0. The molecule has 128 valence electrons. The highest BCUT2D eigenvalue weighted by molar-refractivity contribution is 5.82. The molecule has 0 fully saturated rings. The average Bonchev–Trinajstić information content (AvgIpc) is 2.73. The van der Waals surface area contributed by atoms with Gasteiger partial charge >= 0.3 is 0 Å². The van der Waals surface area contributed by atoms with E-state index in [1.165, 1.54) is 22.2 Å². The molecule has 0 aliphatic rings. The number of nitrogens with zero attached hydrogens (tertiary/aromatic N) is 1. The van der Waals surface area contributed by atoms with E-state index in [9.17, 15) is 0 Å². The smallest absolute Gasteiger partial charge is 0.0598 e. The summed E-state index contributed by atoms with van der Waals surface area (Å²) in [5.74, 6) is 0.479. The third-order valence-corrected chi connectivity index (χ3v) is 4.12. The zero-order valence-electron chi connectivity index (χ0n) is 16.2. The summed E-state index contributed by atoms with van der Waals surface area (Å²) in [6, 6.07) is 9.12. The van der Waals surface area contributed by atoms with Crippen molar-refractivity contribution in [2.45, 2.75) is 73.0 Å². The molecule has 2 aromatic rings. The summed E-state index contributed by atoms with van der Waals surface area (Å²) < 4.78 is 8.47. The fourth-order valence-electron chi connectivity index (χ4n) is 2.97. The van der Waals surface area contributed by atoms with Crippen LogP contribution >= 0.6 is 0 Å². The van der Waals surface area contributed by atoms with Gasteiger partial charge in [-0.2, -0.15) is 0 Å². The normalized spacial score (nSPS) is 14.4. The molecule has 0 bridgehead atoms. The van der Waals surface area contributed by atoms with Crippen LogP contribution in [0.15, 0.2) is 24.3 Å². The van der Waals surface area contributed by atoms with Crippen LogP contribution in [0.1, 0.15) is 59.7 Å². The third kappa shape index (κ3) is 4.60. The van der Waals surface area contributed by atoms with Crippen molar-refractivity contribution in [1.82, 2.24) is 4.57 Å². The van der Waals surface area contributed by atoms with Crippen LogP contribution in [0, 0.1) is 12.8 Å². The predicted molar refractivity (Wildman–Crippen MR) is 100 cm³/mol. The molecule has 1 aromatic heterocycles. The van der Waals surface area contributed by atoms with Gasteiger partial charge in [0.25, 0.3) is 0 Å². The van der Waals surface area contributed by atoms with Crippen LogP contribution in [0.5, 0.6) is 0 Å². The summed E-state index contributed by atoms with van der Waals surface area (Å²) >= 11 is 0. The first kappa shape index (κ1) is 18.1. The Labute approximate surface area is 141 Å². The molecule has 1 atom stereocenters. The van der Waals surface area contributed by atoms with E-state index >= 15 is 0 Å². The Morgan fingerprint density at radius 1 is 1.04 bits per heavy atom. The molecule has 2 rings (SSSR count). The maximum Gasteiger partial charge on any atom is 0.0598 e. The summed E-state index contributed by atoms with van der Waals surface area (Å²) in [5, 5.41) is 1.35. The molecule has 0 aliphatic carbocycles. The molecule has 1 aromatic carbocycles. The van der Waals surface area contributed by atoms with E-state index in [1.54, 1.807) is 0 Å². The Morgan fingerprint density at radius 3 is 2.26 bits per heavy atom. The van der Waals surface area contributed by atoms with Gasteiger partial charge in [0.05, 0.1) is 12.2 Å². The number of hydrogen-bond acceptors (Lipinski definition) is 1. The number of fused-ring (bicyclic) bond motifs is 1. The number of aryl methyl sites for hydroxylation is 1. The van der Waals surface area contributed by atoms with E-state index in [4.69, 9.17) is 4.74 Å². The van der Waals surface area contributed by atoms with Crippen LogP contribution in [0.25, 0.3) is 10.9 Å². The first-order valence-corrected chi connectivity index (χ1v) is 8.72. The van der Waals surface area contributed by atoms with Gasteiger partial charge in [-0.15, -0.1) is 0 Å². The number of aromatic nitrogens is 1. The molecule has 0 N–H and O–H groups in total. The molecule has 23 heavy (non-hydrogen) atoms. The number of ether oxygens (including phenoxy) is 1. The lowest BCUT2D eigenvalue weighted by atomic mass is 9.92. The van der Waals surface area contributed by atoms with Gasteiger partial charge in [0.2, 0.25) is 0 Å². The summed E-state index contributed by atoms with van der Waals surface area (Å²) in [6.45, 7) is 19.5. The molecule has 0 saturated heterocycles. The van der Waals surface area contributed by atoms with Crippen molar-refractivity contribution in [3.8, 4) is 0 Å². The summed E-state index contributed by atoms with van der Waals surface area (Å²) in [5.41, 5.74) is 4.12. The molecule has 0 amide bonds. The van der Waals surface area contributed by atoms with Gasteiger partial charge < -0.3 is 9.30 Å². The number of rotatable bonds is 4. The van der Waals surface area contributed by atoms with Crippen LogP contribution < -0.4 is 0 Å². The third-order valence-electron chi connectivity index (χ3n) is 4.12. The minimum Gasteiger partial charge on any atom is -0.376 e. The van der Waals surface area contributed by atoms with Crippen LogP contribution in [0.3, 0.4) is 0 Å². The van der Waals surface area contributed by atoms with E-state index in [2.05, 4.69) is 84.2 Å². The van der Waals surface area contributed by atoms with Crippen molar-refractivity contribution < 1.29 is 4.74 Å². The van der Waals surface area contributed by atoms with Crippen LogP contribution in [0.4, 0.5) is 0 Å². The van der Waals surface area contributed by atoms with Gasteiger partial charge in [-0.05, 0) is 51.8 Å². The van der Waals surface area contributed by atoms with Gasteiger partial charge in [-0.25, -0.2) is 0 Å². The molecular weight excluding hydrogens is 282 g/mol. The van der Waals surface area contributed by atoms with Crippen LogP contribution in [0.2, 0.25) is 0 Å². The van der Waals surface area contributed by atoms with Gasteiger partial charge in [0.15, 0.2) is 0 Å².